The smallest absolute Gasteiger partial charge is 0.411 e. The molecule has 1 saturated heterocycles. The number of nitrogens with one attached hydrogen (secondary N) is 2. The largest absolute Gasteiger partial charge is 0.449 e. The first-order chi connectivity index (χ1) is 16.1. The third kappa shape index (κ3) is 6.91. The quantitative estimate of drug-likeness (QED) is 0.587. The van der Waals surface area contributed by atoms with Gasteiger partial charge in [-0.15, -0.1) is 0 Å². The molecule has 0 saturated carbocycles. The summed E-state index contributed by atoms with van der Waals surface area (Å²) in [5.74, 6) is -0.571. The molecular formula is C23H29FN4O5S. The SMILES string of the molecule is CC(C)COC(=O)Nc1cccc(NCC(=O)N2CCN(S(=O)(=O)c3cccc(F)c3)CC2)c1. The molecule has 1 heterocycles. The minimum Gasteiger partial charge on any atom is -0.449 e. The summed E-state index contributed by atoms with van der Waals surface area (Å²) < 4.78 is 45.2. The molecule has 184 valence electrons. The van der Waals surface area contributed by atoms with Crippen molar-refractivity contribution < 1.29 is 27.1 Å². The van der Waals surface area contributed by atoms with Gasteiger partial charge in [-0.05, 0) is 42.3 Å². The molecule has 0 radical (unpaired) electrons. The first-order valence-corrected chi connectivity index (χ1v) is 12.4. The van der Waals surface area contributed by atoms with Gasteiger partial charge in [-0.3, -0.25) is 10.1 Å². The molecule has 1 fully saturated rings. The molecular weight excluding hydrogens is 463 g/mol. The molecule has 0 bridgehead atoms. The molecule has 2 amide bonds. The zero-order valence-electron chi connectivity index (χ0n) is 19.2. The second-order valence-corrected chi connectivity index (χ2v) is 10.2. The maximum Gasteiger partial charge on any atom is 0.411 e. The van der Waals surface area contributed by atoms with Gasteiger partial charge in [0, 0.05) is 37.6 Å². The van der Waals surface area contributed by atoms with Crippen LogP contribution in [0.4, 0.5) is 20.6 Å². The van der Waals surface area contributed by atoms with Gasteiger partial charge in [-0.25, -0.2) is 17.6 Å². The summed E-state index contributed by atoms with van der Waals surface area (Å²) in [5.41, 5.74) is 1.17. The van der Waals surface area contributed by atoms with Crippen molar-refractivity contribution >= 4 is 33.4 Å². The summed E-state index contributed by atoms with van der Waals surface area (Å²) in [6.45, 7) is 4.94. The lowest BCUT2D eigenvalue weighted by molar-refractivity contribution is -0.130. The number of carbonyl (C=O) groups is 2. The van der Waals surface area contributed by atoms with E-state index in [1.54, 1.807) is 29.2 Å². The Morgan fingerprint density at radius 2 is 1.71 bits per heavy atom. The van der Waals surface area contributed by atoms with E-state index < -0.39 is 21.9 Å². The number of benzene rings is 2. The minimum absolute atomic E-state index is 0.0118. The van der Waals surface area contributed by atoms with Crippen LogP contribution in [0.3, 0.4) is 0 Å². The van der Waals surface area contributed by atoms with Gasteiger partial charge in [0.1, 0.15) is 5.82 Å². The Labute approximate surface area is 198 Å². The monoisotopic (exact) mass is 492 g/mol. The molecule has 0 unspecified atom stereocenters. The van der Waals surface area contributed by atoms with Crippen molar-refractivity contribution in [3.05, 3.63) is 54.3 Å². The number of anilines is 2. The second-order valence-electron chi connectivity index (χ2n) is 8.29. The summed E-state index contributed by atoms with van der Waals surface area (Å²) in [6.07, 6.45) is -0.548. The Kier molecular flexibility index (Phi) is 8.46. The van der Waals surface area contributed by atoms with Crippen molar-refractivity contribution in [3.8, 4) is 0 Å². The molecule has 2 aromatic rings. The summed E-state index contributed by atoms with van der Waals surface area (Å²) in [6, 6.07) is 11.8. The Bertz CT molecular complexity index is 1120. The number of halogens is 1. The molecule has 11 heteroatoms. The van der Waals surface area contributed by atoms with Crippen LogP contribution in [0.1, 0.15) is 13.8 Å². The Morgan fingerprint density at radius 1 is 1.03 bits per heavy atom. The molecule has 34 heavy (non-hydrogen) atoms. The summed E-state index contributed by atoms with van der Waals surface area (Å²) in [4.78, 5) is 25.9. The lowest BCUT2D eigenvalue weighted by Gasteiger charge is -2.34. The van der Waals surface area contributed by atoms with Gasteiger partial charge in [0.15, 0.2) is 0 Å². The predicted molar refractivity (Wildman–Crippen MR) is 126 cm³/mol. The zero-order chi connectivity index (χ0) is 24.7. The van der Waals surface area contributed by atoms with Crippen LogP contribution in [0.15, 0.2) is 53.4 Å². The van der Waals surface area contributed by atoms with E-state index in [1.165, 1.54) is 22.5 Å². The summed E-state index contributed by atoms with van der Waals surface area (Å²) in [7, 11) is -3.82. The average Bonchev–Trinajstić information content (AvgIpc) is 2.81. The van der Waals surface area contributed by atoms with E-state index in [0.717, 1.165) is 6.07 Å². The van der Waals surface area contributed by atoms with Crippen molar-refractivity contribution in [2.24, 2.45) is 5.92 Å². The van der Waals surface area contributed by atoms with Gasteiger partial charge >= 0.3 is 6.09 Å². The average molecular weight is 493 g/mol. The van der Waals surface area contributed by atoms with Crippen molar-refractivity contribution in [1.82, 2.24) is 9.21 Å². The van der Waals surface area contributed by atoms with E-state index in [1.807, 2.05) is 13.8 Å². The second kappa shape index (κ2) is 11.3. The lowest BCUT2D eigenvalue weighted by Crippen LogP contribution is -2.51. The van der Waals surface area contributed by atoms with Crippen LogP contribution < -0.4 is 10.6 Å². The van der Waals surface area contributed by atoms with Crippen LogP contribution in [-0.2, 0) is 19.6 Å². The number of rotatable bonds is 8. The molecule has 0 aromatic heterocycles. The summed E-state index contributed by atoms with van der Waals surface area (Å²) >= 11 is 0. The van der Waals surface area contributed by atoms with Gasteiger partial charge < -0.3 is 15.0 Å². The van der Waals surface area contributed by atoms with Crippen molar-refractivity contribution in [3.63, 3.8) is 0 Å². The van der Waals surface area contributed by atoms with E-state index in [0.29, 0.717) is 18.0 Å². The number of nitrogens with zero attached hydrogens (tertiary/aromatic N) is 2. The molecule has 0 atom stereocenters. The van der Waals surface area contributed by atoms with Gasteiger partial charge in [0.2, 0.25) is 15.9 Å². The first kappa shape index (κ1) is 25.4. The van der Waals surface area contributed by atoms with Crippen molar-refractivity contribution in [2.45, 2.75) is 18.7 Å². The molecule has 0 spiro atoms. The van der Waals surface area contributed by atoms with E-state index in [4.69, 9.17) is 4.74 Å². The number of amides is 2. The van der Waals surface area contributed by atoms with Crippen LogP contribution in [-0.4, -0.2) is 69.0 Å². The number of ether oxygens (including phenoxy) is 1. The summed E-state index contributed by atoms with van der Waals surface area (Å²) in [5, 5.41) is 5.66. The number of carbonyl (C=O) groups excluding carboxylic acids is 2. The molecule has 0 aliphatic carbocycles. The topological polar surface area (TPSA) is 108 Å². The Hall–Kier alpha value is -3.18. The molecule has 2 N–H and O–H groups in total. The highest BCUT2D eigenvalue weighted by Crippen LogP contribution is 2.19. The highest BCUT2D eigenvalue weighted by molar-refractivity contribution is 7.89. The van der Waals surface area contributed by atoms with E-state index >= 15 is 0 Å². The number of hydrogen-bond acceptors (Lipinski definition) is 6. The number of sulfonamides is 1. The maximum absolute atomic E-state index is 13.4. The normalized spacial score (nSPS) is 14.6. The highest BCUT2D eigenvalue weighted by Gasteiger charge is 2.30. The molecule has 1 aliphatic heterocycles. The lowest BCUT2D eigenvalue weighted by atomic mass is 10.2. The predicted octanol–water partition coefficient (Wildman–Crippen LogP) is 2.98. The number of hydrogen-bond donors (Lipinski definition) is 2. The Balaban J connectivity index is 1.49. The molecule has 1 aliphatic rings. The Morgan fingerprint density at radius 3 is 2.38 bits per heavy atom. The molecule has 9 nitrogen and oxygen atoms in total. The minimum atomic E-state index is -3.82. The fourth-order valence-electron chi connectivity index (χ4n) is 3.35. The maximum atomic E-state index is 13.4. The number of piperazine rings is 1. The van der Waals surface area contributed by atoms with Gasteiger partial charge in [0.05, 0.1) is 18.0 Å². The van der Waals surface area contributed by atoms with E-state index in [2.05, 4.69) is 10.6 Å². The van der Waals surface area contributed by atoms with Crippen LogP contribution in [0.25, 0.3) is 0 Å². The fourth-order valence-corrected chi connectivity index (χ4v) is 4.80. The third-order valence-electron chi connectivity index (χ3n) is 5.13. The third-order valence-corrected chi connectivity index (χ3v) is 7.02. The van der Waals surface area contributed by atoms with E-state index in [9.17, 15) is 22.4 Å². The van der Waals surface area contributed by atoms with E-state index in [-0.39, 0.29) is 49.4 Å². The van der Waals surface area contributed by atoms with Crippen LogP contribution in [0.2, 0.25) is 0 Å². The van der Waals surface area contributed by atoms with Gasteiger partial charge in [0.25, 0.3) is 0 Å². The molecule has 3 rings (SSSR count). The highest BCUT2D eigenvalue weighted by atomic mass is 32.2. The van der Waals surface area contributed by atoms with Crippen molar-refractivity contribution in [2.75, 3.05) is 50.0 Å². The van der Waals surface area contributed by atoms with Gasteiger partial charge in [-0.2, -0.15) is 4.31 Å². The van der Waals surface area contributed by atoms with Crippen LogP contribution in [0.5, 0.6) is 0 Å². The zero-order valence-corrected chi connectivity index (χ0v) is 20.0. The van der Waals surface area contributed by atoms with Gasteiger partial charge in [-0.1, -0.05) is 26.0 Å². The molecule has 2 aromatic carbocycles. The fraction of sp³-hybridized carbons (Fsp3) is 0.391. The van der Waals surface area contributed by atoms with Crippen LogP contribution in [0, 0.1) is 11.7 Å². The van der Waals surface area contributed by atoms with Crippen LogP contribution >= 0.6 is 0 Å². The standard InChI is InChI=1S/C23H29FN4O5S/c1-17(2)16-33-23(30)26-20-7-4-6-19(14-20)25-15-22(29)27-9-11-28(12-10-27)34(31,32)21-8-3-5-18(24)13-21/h3-8,13-14,17,25H,9-12,15-16H2,1-2H3,(H,26,30). The first-order valence-electron chi connectivity index (χ1n) is 11.0. The van der Waals surface area contributed by atoms with Crippen molar-refractivity contribution in [1.29, 1.82) is 0 Å².